The van der Waals surface area contributed by atoms with E-state index in [1.807, 2.05) is 0 Å². The highest BCUT2D eigenvalue weighted by molar-refractivity contribution is 9.10. The molecule has 0 unspecified atom stereocenters. The molecule has 150 valence electrons. The van der Waals surface area contributed by atoms with Crippen LogP contribution in [-0.4, -0.2) is 26.5 Å². The van der Waals surface area contributed by atoms with Gasteiger partial charge in [-0.2, -0.15) is 18.3 Å². The van der Waals surface area contributed by atoms with Crippen LogP contribution < -0.4 is 5.73 Å². The molecule has 2 aromatic rings. The Kier molecular flexibility index (Phi) is 6.38. The van der Waals surface area contributed by atoms with Crippen molar-refractivity contribution in [2.24, 2.45) is 10.9 Å². The molecule has 0 bridgehead atoms. The number of nitrogens with two attached hydrogens (primary N) is 1. The van der Waals surface area contributed by atoms with Crippen molar-refractivity contribution in [1.29, 1.82) is 0 Å². The van der Waals surface area contributed by atoms with Gasteiger partial charge >= 0.3 is 12.1 Å². The number of halogens is 4. The molecule has 0 aliphatic heterocycles. The summed E-state index contributed by atoms with van der Waals surface area (Å²) in [7, 11) is 0. The fraction of sp³-hybridized carbons (Fsp3) is 0.267. The highest BCUT2D eigenvalue weighted by Gasteiger charge is 2.37. The van der Waals surface area contributed by atoms with Crippen molar-refractivity contribution in [1.82, 2.24) is 9.78 Å². The van der Waals surface area contributed by atoms with E-state index in [1.165, 1.54) is 31.2 Å². The number of carbonyl (C=O) groups excluding carboxylic acids is 1. The van der Waals surface area contributed by atoms with Gasteiger partial charge in [0.2, 0.25) is 0 Å². The molecule has 0 spiro atoms. The van der Waals surface area contributed by atoms with Gasteiger partial charge in [-0.15, -0.1) is 0 Å². The smallest absolute Gasteiger partial charge is 0.380 e. The zero-order valence-electron chi connectivity index (χ0n) is 14.2. The highest BCUT2D eigenvalue weighted by Crippen LogP contribution is 2.35. The van der Waals surface area contributed by atoms with Crippen LogP contribution in [-0.2, 0) is 22.4 Å². The van der Waals surface area contributed by atoms with Gasteiger partial charge in [-0.1, -0.05) is 5.16 Å². The third kappa shape index (κ3) is 5.06. The summed E-state index contributed by atoms with van der Waals surface area (Å²) >= 11 is 2.83. The van der Waals surface area contributed by atoms with Gasteiger partial charge in [0.15, 0.2) is 11.5 Å². The Balaban J connectivity index is 1.97. The minimum Gasteiger partial charge on any atom is -0.380 e. The third-order valence-corrected chi connectivity index (χ3v) is 4.50. The topological polar surface area (TPSA) is 126 Å². The van der Waals surface area contributed by atoms with Crippen molar-refractivity contribution in [3.8, 4) is 0 Å². The van der Waals surface area contributed by atoms with Crippen molar-refractivity contribution < 1.29 is 27.7 Å². The van der Waals surface area contributed by atoms with Gasteiger partial charge in [-0.3, -0.25) is 14.8 Å². The number of aromatic nitrogens is 2. The molecule has 9 nitrogen and oxygen atoms in total. The van der Waals surface area contributed by atoms with E-state index < -0.39 is 22.8 Å². The van der Waals surface area contributed by atoms with Gasteiger partial charge in [-0.05, 0) is 35.0 Å². The zero-order chi connectivity index (χ0) is 21.1. The number of nitro groups is 1. The van der Waals surface area contributed by atoms with E-state index in [2.05, 4.69) is 31.0 Å². The van der Waals surface area contributed by atoms with Crippen LogP contribution in [0.4, 0.5) is 18.9 Å². The van der Waals surface area contributed by atoms with Crippen LogP contribution in [0, 0.1) is 17.0 Å². The molecule has 0 aliphatic carbocycles. The molecule has 0 aliphatic rings. The minimum absolute atomic E-state index is 0.146. The standard InChI is InChI=1S/C15H13BrF3N5O4/c1-8-12(16)13(15(17,18)19)21-23(8)7-6-11(25)28-22-14(20)9-2-4-10(5-3-9)24(26)27/h2-5H,6-7H2,1H3,(H2,20,22). The Morgan fingerprint density at radius 3 is 2.50 bits per heavy atom. The molecule has 1 heterocycles. The average Bonchev–Trinajstić information content (AvgIpc) is 2.93. The second-order valence-electron chi connectivity index (χ2n) is 5.46. The van der Waals surface area contributed by atoms with Crippen LogP contribution in [0.2, 0.25) is 0 Å². The fourth-order valence-corrected chi connectivity index (χ4v) is 2.58. The number of hydrogen-bond donors (Lipinski definition) is 1. The highest BCUT2D eigenvalue weighted by atomic mass is 79.9. The number of benzene rings is 1. The summed E-state index contributed by atoms with van der Waals surface area (Å²) in [4.78, 5) is 26.4. The molecule has 28 heavy (non-hydrogen) atoms. The predicted molar refractivity (Wildman–Crippen MR) is 94.2 cm³/mol. The number of rotatable bonds is 6. The number of non-ortho nitro benzene ring substituents is 1. The van der Waals surface area contributed by atoms with Crippen molar-refractivity contribution in [3.05, 3.63) is 55.8 Å². The maximum atomic E-state index is 12.8. The molecule has 0 atom stereocenters. The second kappa shape index (κ2) is 8.37. The minimum atomic E-state index is -4.63. The van der Waals surface area contributed by atoms with Crippen molar-refractivity contribution in [2.45, 2.75) is 26.1 Å². The normalized spacial score (nSPS) is 12.1. The van der Waals surface area contributed by atoms with Gasteiger partial charge in [0, 0.05) is 17.7 Å². The number of hydrogen-bond acceptors (Lipinski definition) is 6. The first-order chi connectivity index (χ1) is 13.0. The summed E-state index contributed by atoms with van der Waals surface area (Å²) in [6.45, 7) is 1.26. The second-order valence-corrected chi connectivity index (χ2v) is 6.26. The first kappa shape index (κ1) is 21.3. The Morgan fingerprint density at radius 1 is 1.39 bits per heavy atom. The van der Waals surface area contributed by atoms with Gasteiger partial charge in [-0.25, -0.2) is 4.79 Å². The lowest BCUT2D eigenvalue weighted by Gasteiger charge is -2.04. The number of alkyl halides is 3. The zero-order valence-corrected chi connectivity index (χ0v) is 15.8. The van der Waals surface area contributed by atoms with E-state index in [9.17, 15) is 28.1 Å². The summed E-state index contributed by atoms with van der Waals surface area (Å²) < 4.78 is 39.3. The van der Waals surface area contributed by atoms with Crippen molar-refractivity contribution >= 4 is 33.4 Å². The first-order valence-corrected chi connectivity index (χ1v) is 8.38. The number of nitro benzene ring substituents is 1. The predicted octanol–water partition coefficient (Wildman–Crippen LogP) is 3.13. The van der Waals surface area contributed by atoms with E-state index in [-0.39, 0.29) is 34.7 Å². The van der Waals surface area contributed by atoms with Crippen LogP contribution in [0.1, 0.15) is 23.4 Å². The Hall–Kier alpha value is -2.96. The summed E-state index contributed by atoms with van der Waals surface area (Å²) in [5.41, 5.74) is 4.89. The summed E-state index contributed by atoms with van der Waals surface area (Å²) in [5.74, 6) is -1.04. The Labute approximate surface area is 164 Å². The molecule has 2 rings (SSSR count). The molecule has 0 saturated heterocycles. The maximum absolute atomic E-state index is 12.8. The molecule has 0 saturated carbocycles. The van der Waals surface area contributed by atoms with Gasteiger partial charge in [0.25, 0.3) is 5.69 Å². The third-order valence-electron chi connectivity index (χ3n) is 3.55. The molecule has 0 fully saturated rings. The van der Waals surface area contributed by atoms with E-state index in [0.717, 1.165) is 4.68 Å². The summed E-state index contributed by atoms with van der Waals surface area (Å²) in [6, 6.07) is 5.06. The summed E-state index contributed by atoms with van der Waals surface area (Å²) in [5, 5.41) is 17.5. The average molecular weight is 464 g/mol. The van der Waals surface area contributed by atoms with Crippen LogP contribution in [0.25, 0.3) is 0 Å². The molecule has 2 N–H and O–H groups in total. The molecular weight excluding hydrogens is 451 g/mol. The van der Waals surface area contributed by atoms with Crippen LogP contribution >= 0.6 is 15.9 Å². The first-order valence-electron chi connectivity index (χ1n) is 7.59. The molecule has 1 aromatic carbocycles. The molecule has 0 amide bonds. The largest absolute Gasteiger partial charge is 0.436 e. The molecule has 1 aromatic heterocycles. The van der Waals surface area contributed by atoms with E-state index in [4.69, 9.17) is 5.73 Å². The van der Waals surface area contributed by atoms with E-state index in [1.54, 1.807) is 0 Å². The number of oxime groups is 1. The van der Waals surface area contributed by atoms with E-state index in [0.29, 0.717) is 5.56 Å². The maximum Gasteiger partial charge on any atom is 0.436 e. The van der Waals surface area contributed by atoms with Crippen LogP contribution in [0.3, 0.4) is 0 Å². The van der Waals surface area contributed by atoms with Crippen molar-refractivity contribution in [3.63, 3.8) is 0 Å². The SMILES string of the molecule is Cc1c(Br)c(C(F)(F)F)nn1CCC(=O)O/N=C(\N)c1ccc([N+](=O)[O-])cc1. The lowest BCUT2D eigenvalue weighted by atomic mass is 10.2. The lowest BCUT2D eigenvalue weighted by Crippen LogP contribution is -2.16. The van der Waals surface area contributed by atoms with E-state index >= 15 is 0 Å². The van der Waals surface area contributed by atoms with Crippen LogP contribution in [0.5, 0.6) is 0 Å². The van der Waals surface area contributed by atoms with Crippen molar-refractivity contribution in [2.75, 3.05) is 0 Å². The van der Waals surface area contributed by atoms with Crippen LogP contribution in [0.15, 0.2) is 33.9 Å². The number of nitrogens with zero attached hydrogens (tertiary/aromatic N) is 4. The quantitative estimate of drug-likeness (QED) is 0.230. The Morgan fingerprint density at radius 2 is 2.00 bits per heavy atom. The van der Waals surface area contributed by atoms with Gasteiger partial charge in [0.05, 0.1) is 28.1 Å². The molecule has 13 heteroatoms. The molecular formula is C15H13BrF3N5O4. The van der Waals surface area contributed by atoms with Gasteiger partial charge in [0.1, 0.15) is 0 Å². The van der Waals surface area contributed by atoms with Gasteiger partial charge < -0.3 is 10.6 Å². The lowest BCUT2D eigenvalue weighted by molar-refractivity contribution is -0.384. The molecule has 0 radical (unpaired) electrons. The number of aryl methyl sites for hydroxylation is 1. The Bertz CT molecular complexity index is 925. The number of amidine groups is 1. The number of carbonyl (C=O) groups is 1. The summed E-state index contributed by atoms with van der Waals surface area (Å²) in [6.07, 6.45) is -4.93. The monoisotopic (exact) mass is 463 g/mol. The fourth-order valence-electron chi connectivity index (χ4n) is 2.07.